The molecule has 2 aliphatic carbocycles. The van der Waals surface area contributed by atoms with Gasteiger partial charge in [-0.2, -0.15) is 18.4 Å². The van der Waals surface area contributed by atoms with Gasteiger partial charge in [0.05, 0.1) is 0 Å². The van der Waals surface area contributed by atoms with Gasteiger partial charge in [0.2, 0.25) is 0 Å². The summed E-state index contributed by atoms with van der Waals surface area (Å²) in [6, 6.07) is 0.673. The summed E-state index contributed by atoms with van der Waals surface area (Å²) in [6.45, 7) is 5.87. The van der Waals surface area contributed by atoms with Crippen molar-refractivity contribution in [2.75, 3.05) is 6.54 Å². The van der Waals surface area contributed by atoms with Crippen molar-refractivity contribution in [2.24, 2.45) is 17.8 Å². The number of piperidine rings is 1. The van der Waals surface area contributed by atoms with Crippen molar-refractivity contribution >= 4 is 18.8 Å². The molecule has 4 atom stereocenters. The molecule has 0 N–H and O–H groups in total. The maximum absolute atomic E-state index is 4.85. The van der Waals surface area contributed by atoms with Crippen LogP contribution in [0.3, 0.4) is 0 Å². The minimum absolute atomic E-state index is 0.673. The van der Waals surface area contributed by atoms with E-state index in [9.17, 15) is 0 Å². The second kappa shape index (κ2) is 14.4. The van der Waals surface area contributed by atoms with Crippen LogP contribution < -0.4 is 0 Å². The predicted molar refractivity (Wildman–Crippen MR) is 108 cm³/mol. The Bertz CT molecular complexity index is 291. The van der Waals surface area contributed by atoms with Crippen molar-refractivity contribution in [3.8, 4) is 0 Å². The Balaban J connectivity index is 0.000000268. The quantitative estimate of drug-likeness (QED) is 0.258. The van der Waals surface area contributed by atoms with Crippen molar-refractivity contribution in [2.45, 2.75) is 96.2 Å². The van der Waals surface area contributed by atoms with E-state index in [4.69, 9.17) is 5.32 Å². The number of halogens is 1. The molecule has 2 saturated carbocycles. The van der Waals surface area contributed by atoms with Gasteiger partial charge in [0.1, 0.15) is 0 Å². The van der Waals surface area contributed by atoms with Crippen LogP contribution in [0, 0.1) is 24.2 Å². The molecule has 1 saturated heterocycles. The zero-order valence-corrected chi connectivity index (χ0v) is 20.0. The first-order chi connectivity index (χ1) is 11.7. The Morgan fingerprint density at radius 1 is 1.00 bits per heavy atom. The van der Waals surface area contributed by atoms with Crippen molar-refractivity contribution in [3.63, 3.8) is 0 Å². The molecule has 0 radical (unpaired) electrons. The Kier molecular flexibility index (Phi) is 14.0. The predicted octanol–water partition coefficient (Wildman–Crippen LogP) is 7.07. The molecule has 1 aliphatic heterocycles. The maximum atomic E-state index is 4.85. The van der Waals surface area contributed by atoms with Crippen LogP contribution in [0.1, 0.15) is 84.5 Å². The van der Waals surface area contributed by atoms with Crippen LogP contribution in [0.4, 0.5) is 0 Å². The molecule has 0 aromatic carbocycles. The first-order valence-electron chi connectivity index (χ1n) is 10.0. The van der Waals surface area contributed by atoms with Crippen LogP contribution in [0.15, 0.2) is 0 Å². The van der Waals surface area contributed by atoms with Crippen LogP contribution in [-0.2, 0) is 17.9 Å². The molecule has 0 spiro atoms. The molecule has 24 heavy (non-hydrogen) atoms. The summed E-state index contributed by atoms with van der Waals surface area (Å²) in [5.74, 6) is 2.61. The summed E-state index contributed by atoms with van der Waals surface area (Å²) in [7, 11) is 7.54. The molecule has 4 unspecified atom stereocenters. The average molecular weight is 551 g/mol. The van der Waals surface area contributed by atoms with Crippen LogP contribution in [-0.4, -0.2) is 18.2 Å². The minimum atomic E-state index is 0.673. The molecule has 144 valence electrons. The third-order valence-corrected chi connectivity index (χ3v) is 6.62. The van der Waals surface area contributed by atoms with E-state index in [0.717, 1.165) is 30.0 Å². The summed E-state index contributed by atoms with van der Waals surface area (Å²) >= 11 is 1.47. The molecule has 0 bridgehead atoms. The molecule has 0 amide bonds. The van der Waals surface area contributed by atoms with Gasteiger partial charge >= 0.3 is 27.5 Å². The molecule has 1 nitrogen and oxygen atoms in total. The van der Waals surface area contributed by atoms with Gasteiger partial charge in [-0.3, -0.25) is 0 Å². The van der Waals surface area contributed by atoms with Gasteiger partial charge in [0.15, 0.2) is 0 Å². The van der Waals surface area contributed by atoms with Gasteiger partial charge in [-0.1, -0.05) is 65.2 Å². The van der Waals surface area contributed by atoms with E-state index in [1.807, 2.05) is 0 Å². The summed E-state index contributed by atoms with van der Waals surface area (Å²) in [4.78, 5) is 0. The summed E-state index contributed by atoms with van der Waals surface area (Å²) in [5.41, 5.74) is 0.953. The normalized spacial score (nSPS) is 31.5. The second-order valence-electron chi connectivity index (χ2n) is 8.08. The topological polar surface area (TPSA) is 14.1 Å². The molecular weight excluding hydrogens is 513 g/mol. The van der Waals surface area contributed by atoms with Crippen LogP contribution in [0.25, 0.3) is 5.32 Å². The van der Waals surface area contributed by atoms with Gasteiger partial charge < -0.3 is 11.7 Å². The summed E-state index contributed by atoms with van der Waals surface area (Å²) < 4.78 is 0. The van der Waals surface area contributed by atoms with Crippen LogP contribution >= 0.6 is 18.8 Å². The van der Waals surface area contributed by atoms with Gasteiger partial charge in [-0.25, -0.2) is 0 Å². The average Bonchev–Trinajstić information content (AvgIpc) is 2.65. The SMILES string of the molecule is CC(C)C1CC[N-]C(C2[CH-]CCCC2)C1.PC1CCCCC1.[Cl][Ir+2]. The van der Waals surface area contributed by atoms with E-state index in [0.29, 0.717) is 6.04 Å². The van der Waals surface area contributed by atoms with E-state index in [2.05, 4.69) is 39.1 Å². The van der Waals surface area contributed by atoms with Crippen molar-refractivity contribution in [1.29, 1.82) is 0 Å². The Hall–Kier alpha value is 1.33. The first kappa shape index (κ1) is 23.4. The molecule has 0 aromatic rings. The first-order valence-corrected chi connectivity index (χ1v) is 13.7. The number of nitrogens with zero attached hydrogens (tertiary/aromatic N) is 1. The number of hydrogen-bond donors (Lipinski definition) is 0. The molecule has 1 heterocycles. The summed E-state index contributed by atoms with van der Waals surface area (Å²) in [5, 5.41) is 4.85. The van der Waals surface area contributed by atoms with E-state index in [1.54, 1.807) is 0 Å². The fourth-order valence-electron chi connectivity index (χ4n) is 4.28. The standard InChI is InChI=1S/C14H25N.C6H13P.ClH.Ir/c1-11(2)13-8-9-15-14(10-13)12-6-4-3-5-7-12;7-6-4-2-1-3-5-6;;/h6,11-14H,3-5,7-10H2,1-2H3;6H,1-5,7H2;1H;/q-2;;;+3/p-1. The van der Waals surface area contributed by atoms with E-state index < -0.39 is 0 Å². The van der Waals surface area contributed by atoms with Gasteiger partial charge in [0.25, 0.3) is 0 Å². The van der Waals surface area contributed by atoms with E-state index >= 15 is 0 Å². The zero-order chi connectivity index (χ0) is 17.8. The number of hydrogen-bond acceptors (Lipinski definition) is 0. The van der Waals surface area contributed by atoms with E-state index in [-0.39, 0.29) is 0 Å². The molecule has 0 aromatic heterocycles. The second-order valence-corrected chi connectivity index (χ2v) is 9.03. The van der Waals surface area contributed by atoms with Gasteiger partial charge in [0, 0.05) is 0 Å². The Morgan fingerprint density at radius 2 is 1.67 bits per heavy atom. The third-order valence-electron chi connectivity index (χ3n) is 5.96. The van der Waals surface area contributed by atoms with Crippen molar-refractivity contribution < 1.29 is 17.9 Å². The van der Waals surface area contributed by atoms with E-state index in [1.165, 1.54) is 88.5 Å². The molecule has 3 rings (SSSR count). The van der Waals surface area contributed by atoms with Crippen LogP contribution in [0.5, 0.6) is 0 Å². The van der Waals surface area contributed by atoms with Gasteiger partial charge in [-0.05, 0) is 30.3 Å². The number of rotatable bonds is 2. The molecule has 3 fully saturated rings. The Labute approximate surface area is 168 Å². The molecule has 3 aliphatic rings. The third kappa shape index (κ3) is 9.32. The monoisotopic (exact) mass is 551 g/mol. The molecular formula is C20H38ClIrNP. The molecule has 4 heteroatoms. The van der Waals surface area contributed by atoms with Crippen LogP contribution in [0.2, 0.25) is 0 Å². The Morgan fingerprint density at radius 3 is 2.17 bits per heavy atom. The zero-order valence-electron chi connectivity index (χ0n) is 15.7. The van der Waals surface area contributed by atoms with Crippen molar-refractivity contribution in [1.82, 2.24) is 0 Å². The fraction of sp³-hybridized carbons (Fsp3) is 0.950. The van der Waals surface area contributed by atoms with Gasteiger partial charge in [-0.15, -0.1) is 15.8 Å². The van der Waals surface area contributed by atoms with Crippen molar-refractivity contribution in [3.05, 3.63) is 11.7 Å². The fourth-order valence-corrected chi connectivity index (χ4v) is 4.75. The summed E-state index contributed by atoms with van der Waals surface area (Å²) in [6.07, 6.45) is 18.1.